The van der Waals surface area contributed by atoms with Crippen LogP contribution in [-0.2, 0) is 4.79 Å². The second kappa shape index (κ2) is 4.31. The highest BCUT2D eigenvalue weighted by Crippen LogP contribution is 2.23. The summed E-state index contributed by atoms with van der Waals surface area (Å²) in [5.41, 5.74) is 1.52. The van der Waals surface area contributed by atoms with E-state index in [1.54, 1.807) is 18.2 Å². The lowest BCUT2D eigenvalue weighted by molar-refractivity contribution is -0.131. The third-order valence-electron chi connectivity index (χ3n) is 2.42. The monoisotopic (exact) mass is 216 g/mol. The van der Waals surface area contributed by atoms with Gasteiger partial charge in [-0.3, -0.25) is 9.59 Å². The standard InChI is InChI=1S/C13H12O3/c1-9(14)16-11-7-6-10-4-2-3-5-13(15)12(10)8-11/h2,4,6-8H,3,5H2,1H3. The number of rotatable bonds is 1. The molecule has 0 fully saturated rings. The zero-order valence-electron chi connectivity index (χ0n) is 9.03. The fraction of sp³-hybridized carbons (Fsp3) is 0.231. The highest BCUT2D eigenvalue weighted by atomic mass is 16.5. The van der Waals surface area contributed by atoms with Gasteiger partial charge in [-0.2, -0.15) is 0 Å². The molecule has 3 heteroatoms. The van der Waals surface area contributed by atoms with Crippen LogP contribution in [0.3, 0.4) is 0 Å². The molecule has 0 heterocycles. The SMILES string of the molecule is CC(=O)Oc1ccc2c(c1)C(=O)CCC=C2. The van der Waals surface area contributed by atoms with Crippen molar-refractivity contribution in [3.8, 4) is 5.75 Å². The highest BCUT2D eigenvalue weighted by Gasteiger charge is 2.13. The van der Waals surface area contributed by atoms with Crippen LogP contribution in [0.4, 0.5) is 0 Å². The number of esters is 1. The molecular formula is C13H12O3. The maximum absolute atomic E-state index is 11.8. The van der Waals surface area contributed by atoms with Crippen LogP contribution in [0.25, 0.3) is 6.08 Å². The van der Waals surface area contributed by atoms with Gasteiger partial charge in [-0.1, -0.05) is 18.2 Å². The smallest absolute Gasteiger partial charge is 0.308 e. The van der Waals surface area contributed by atoms with Crippen LogP contribution in [-0.4, -0.2) is 11.8 Å². The van der Waals surface area contributed by atoms with Gasteiger partial charge in [0.25, 0.3) is 0 Å². The molecule has 0 aliphatic heterocycles. The fourth-order valence-electron chi connectivity index (χ4n) is 1.71. The lowest BCUT2D eigenvalue weighted by Crippen LogP contribution is -2.04. The van der Waals surface area contributed by atoms with Gasteiger partial charge in [0.2, 0.25) is 0 Å². The first-order valence-corrected chi connectivity index (χ1v) is 5.19. The normalized spacial score (nSPS) is 14.2. The molecule has 2 rings (SSSR count). The zero-order chi connectivity index (χ0) is 11.5. The van der Waals surface area contributed by atoms with E-state index in [1.807, 2.05) is 12.2 Å². The molecule has 1 aliphatic rings. The molecule has 82 valence electrons. The minimum Gasteiger partial charge on any atom is -0.427 e. The number of hydrogen-bond donors (Lipinski definition) is 0. The number of benzene rings is 1. The lowest BCUT2D eigenvalue weighted by Gasteiger charge is -2.06. The molecule has 1 aromatic carbocycles. The second-order valence-corrected chi connectivity index (χ2v) is 3.71. The van der Waals surface area contributed by atoms with E-state index in [1.165, 1.54) is 6.92 Å². The average molecular weight is 216 g/mol. The van der Waals surface area contributed by atoms with Gasteiger partial charge >= 0.3 is 5.97 Å². The van der Waals surface area contributed by atoms with Gasteiger partial charge in [-0.05, 0) is 24.1 Å². The Morgan fingerprint density at radius 3 is 2.94 bits per heavy atom. The van der Waals surface area contributed by atoms with Crippen molar-refractivity contribution in [3.05, 3.63) is 35.4 Å². The van der Waals surface area contributed by atoms with Gasteiger partial charge in [-0.15, -0.1) is 0 Å². The molecule has 0 radical (unpaired) electrons. The quantitative estimate of drug-likeness (QED) is 0.535. The predicted octanol–water partition coefficient (Wildman–Crippen LogP) is 2.60. The first kappa shape index (κ1) is 10.6. The Morgan fingerprint density at radius 1 is 1.38 bits per heavy atom. The molecule has 1 aromatic rings. The Labute approximate surface area is 93.7 Å². The van der Waals surface area contributed by atoms with Crippen LogP contribution in [0, 0.1) is 0 Å². The summed E-state index contributed by atoms with van der Waals surface area (Å²) < 4.78 is 4.95. The van der Waals surface area contributed by atoms with Gasteiger partial charge in [-0.25, -0.2) is 0 Å². The molecule has 1 aliphatic carbocycles. The number of ketones is 1. The van der Waals surface area contributed by atoms with Crippen molar-refractivity contribution in [1.82, 2.24) is 0 Å². The van der Waals surface area contributed by atoms with Crippen LogP contribution in [0.15, 0.2) is 24.3 Å². The molecule has 3 nitrogen and oxygen atoms in total. The van der Waals surface area contributed by atoms with Crippen molar-refractivity contribution >= 4 is 17.8 Å². The van der Waals surface area contributed by atoms with Gasteiger partial charge in [0.05, 0.1) is 0 Å². The predicted molar refractivity (Wildman–Crippen MR) is 60.3 cm³/mol. The number of ether oxygens (including phenoxy) is 1. The van der Waals surface area contributed by atoms with Crippen LogP contribution in [0.1, 0.15) is 35.7 Å². The summed E-state index contributed by atoms with van der Waals surface area (Å²) in [4.78, 5) is 22.6. The summed E-state index contributed by atoms with van der Waals surface area (Å²) in [6.45, 7) is 1.34. The van der Waals surface area contributed by atoms with Crippen molar-refractivity contribution in [2.75, 3.05) is 0 Å². The maximum atomic E-state index is 11.8. The minimum absolute atomic E-state index is 0.0917. The summed E-state index contributed by atoms with van der Waals surface area (Å²) in [5.74, 6) is 0.139. The highest BCUT2D eigenvalue weighted by molar-refractivity contribution is 6.00. The number of hydrogen-bond acceptors (Lipinski definition) is 3. The number of carbonyl (C=O) groups is 2. The van der Waals surface area contributed by atoms with Crippen LogP contribution in [0.2, 0.25) is 0 Å². The van der Waals surface area contributed by atoms with Crippen molar-refractivity contribution in [3.63, 3.8) is 0 Å². The van der Waals surface area contributed by atoms with Gasteiger partial charge in [0.15, 0.2) is 5.78 Å². The van der Waals surface area contributed by atoms with E-state index in [4.69, 9.17) is 4.74 Å². The molecule has 0 N–H and O–H groups in total. The summed E-state index contributed by atoms with van der Waals surface area (Å²) in [6.07, 6.45) is 5.18. The molecule has 0 unspecified atom stereocenters. The Bertz CT molecular complexity index is 472. The van der Waals surface area contributed by atoms with Crippen molar-refractivity contribution in [2.24, 2.45) is 0 Å². The van der Waals surface area contributed by atoms with E-state index < -0.39 is 0 Å². The maximum Gasteiger partial charge on any atom is 0.308 e. The van der Waals surface area contributed by atoms with E-state index >= 15 is 0 Å². The minimum atomic E-state index is -0.378. The summed E-state index contributed by atoms with van der Waals surface area (Å²) in [6, 6.07) is 5.13. The fourth-order valence-corrected chi connectivity index (χ4v) is 1.71. The average Bonchev–Trinajstić information content (AvgIpc) is 2.41. The molecule has 0 spiro atoms. The van der Waals surface area contributed by atoms with E-state index in [2.05, 4.69) is 0 Å². The number of carbonyl (C=O) groups excluding carboxylic acids is 2. The Morgan fingerprint density at radius 2 is 2.19 bits per heavy atom. The van der Waals surface area contributed by atoms with Crippen LogP contribution in [0.5, 0.6) is 5.75 Å². The van der Waals surface area contributed by atoms with Gasteiger partial charge in [0, 0.05) is 18.9 Å². The molecule has 0 saturated heterocycles. The lowest BCUT2D eigenvalue weighted by atomic mass is 10.0. The molecular weight excluding hydrogens is 204 g/mol. The summed E-state index contributed by atoms with van der Waals surface area (Å²) >= 11 is 0. The number of Topliss-reactive ketones (excluding diaryl/α,β-unsaturated/α-hetero) is 1. The van der Waals surface area contributed by atoms with E-state index in [0.29, 0.717) is 17.7 Å². The van der Waals surface area contributed by atoms with Crippen LogP contribution >= 0.6 is 0 Å². The first-order valence-electron chi connectivity index (χ1n) is 5.19. The number of fused-ring (bicyclic) bond motifs is 1. The van der Waals surface area contributed by atoms with Crippen molar-refractivity contribution in [2.45, 2.75) is 19.8 Å². The third kappa shape index (κ3) is 2.19. The zero-order valence-corrected chi connectivity index (χ0v) is 9.03. The molecule has 0 aromatic heterocycles. The summed E-state index contributed by atoms with van der Waals surface area (Å²) in [7, 11) is 0. The molecule has 16 heavy (non-hydrogen) atoms. The second-order valence-electron chi connectivity index (χ2n) is 3.71. The first-order chi connectivity index (χ1) is 7.66. The largest absolute Gasteiger partial charge is 0.427 e. The van der Waals surface area contributed by atoms with E-state index in [0.717, 1.165) is 12.0 Å². The van der Waals surface area contributed by atoms with Crippen molar-refractivity contribution < 1.29 is 14.3 Å². The Balaban J connectivity index is 2.40. The Hall–Kier alpha value is -1.90. The topological polar surface area (TPSA) is 43.4 Å². The molecule has 0 atom stereocenters. The molecule has 0 saturated carbocycles. The van der Waals surface area contributed by atoms with E-state index in [9.17, 15) is 9.59 Å². The third-order valence-corrected chi connectivity index (χ3v) is 2.42. The Kier molecular flexibility index (Phi) is 2.86. The van der Waals surface area contributed by atoms with Crippen LogP contribution < -0.4 is 4.74 Å². The summed E-state index contributed by atoms with van der Waals surface area (Å²) in [5, 5.41) is 0. The van der Waals surface area contributed by atoms with Gasteiger partial charge in [0.1, 0.15) is 5.75 Å². The molecule has 0 bridgehead atoms. The van der Waals surface area contributed by atoms with Crippen molar-refractivity contribution in [1.29, 1.82) is 0 Å². The van der Waals surface area contributed by atoms with E-state index in [-0.39, 0.29) is 11.8 Å². The van der Waals surface area contributed by atoms with Gasteiger partial charge < -0.3 is 4.74 Å². The molecule has 0 amide bonds. The number of allylic oxidation sites excluding steroid dienone is 1.